The molecule has 212 valence electrons. The maximum atomic E-state index is 14.1. The Labute approximate surface area is 245 Å². The number of carbonyl (C=O) groups is 2. The van der Waals surface area contributed by atoms with Crippen LogP contribution in [0.15, 0.2) is 82.2 Å². The van der Waals surface area contributed by atoms with Crippen LogP contribution in [-0.4, -0.2) is 43.8 Å². The molecule has 1 fully saturated rings. The van der Waals surface area contributed by atoms with Gasteiger partial charge in [0.15, 0.2) is 0 Å². The van der Waals surface area contributed by atoms with E-state index in [1.807, 2.05) is 38.1 Å². The number of rotatable bonds is 10. The minimum absolute atomic E-state index is 0.0864. The van der Waals surface area contributed by atoms with Gasteiger partial charge in [-0.25, -0.2) is 8.42 Å². The lowest BCUT2D eigenvalue weighted by Crippen LogP contribution is -2.52. The Kier molecular flexibility index (Phi) is 9.68. The van der Waals surface area contributed by atoms with Crippen molar-refractivity contribution in [3.05, 3.63) is 94.0 Å². The van der Waals surface area contributed by atoms with Gasteiger partial charge >= 0.3 is 0 Å². The molecule has 0 aliphatic heterocycles. The van der Waals surface area contributed by atoms with Gasteiger partial charge in [-0.15, -0.1) is 0 Å². The first-order valence-corrected chi connectivity index (χ1v) is 15.8. The van der Waals surface area contributed by atoms with Gasteiger partial charge < -0.3 is 10.2 Å². The molecular weight excluding hydrogens is 590 g/mol. The van der Waals surface area contributed by atoms with Crippen LogP contribution in [0.25, 0.3) is 0 Å². The van der Waals surface area contributed by atoms with Crippen molar-refractivity contribution in [2.45, 2.75) is 70.0 Å². The van der Waals surface area contributed by atoms with Crippen LogP contribution in [0, 0.1) is 13.8 Å². The van der Waals surface area contributed by atoms with Crippen LogP contribution in [0.2, 0.25) is 0 Å². The van der Waals surface area contributed by atoms with Gasteiger partial charge in [-0.1, -0.05) is 76.8 Å². The van der Waals surface area contributed by atoms with E-state index in [1.54, 1.807) is 55.5 Å². The van der Waals surface area contributed by atoms with Crippen LogP contribution in [-0.2, 0) is 26.2 Å². The largest absolute Gasteiger partial charge is 0.352 e. The van der Waals surface area contributed by atoms with Gasteiger partial charge in [0.1, 0.15) is 12.6 Å². The van der Waals surface area contributed by atoms with Crippen molar-refractivity contribution in [1.29, 1.82) is 0 Å². The summed E-state index contributed by atoms with van der Waals surface area (Å²) in [6.45, 7) is 5.27. The van der Waals surface area contributed by atoms with Crippen LogP contribution in [0.1, 0.15) is 49.3 Å². The second kappa shape index (κ2) is 13.0. The van der Waals surface area contributed by atoms with Gasteiger partial charge in [0.2, 0.25) is 11.8 Å². The maximum Gasteiger partial charge on any atom is 0.264 e. The summed E-state index contributed by atoms with van der Waals surface area (Å²) >= 11 is 3.42. The Morgan fingerprint density at radius 3 is 2.30 bits per heavy atom. The van der Waals surface area contributed by atoms with Crippen LogP contribution in [0.3, 0.4) is 0 Å². The quantitative estimate of drug-likeness (QED) is 0.311. The van der Waals surface area contributed by atoms with Crippen LogP contribution >= 0.6 is 15.9 Å². The van der Waals surface area contributed by atoms with Crippen LogP contribution < -0.4 is 9.62 Å². The average molecular weight is 627 g/mol. The number of nitrogens with one attached hydrogen (secondary N) is 1. The van der Waals surface area contributed by atoms with Gasteiger partial charge in [-0.2, -0.15) is 0 Å². The molecule has 0 heterocycles. The Bertz CT molecular complexity index is 1450. The highest BCUT2D eigenvalue weighted by atomic mass is 79.9. The highest BCUT2D eigenvalue weighted by Gasteiger charge is 2.33. The molecule has 4 rings (SSSR count). The summed E-state index contributed by atoms with van der Waals surface area (Å²) in [5, 5.41) is 3.10. The topological polar surface area (TPSA) is 86.8 Å². The van der Waals surface area contributed by atoms with E-state index in [0.29, 0.717) is 10.2 Å². The van der Waals surface area contributed by atoms with E-state index in [9.17, 15) is 18.0 Å². The van der Waals surface area contributed by atoms with E-state index in [1.165, 1.54) is 4.90 Å². The van der Waals surface area contributed by atoms with Gasteiger partial charge in [0.05, 0.1) is 10.6 Å². The smallest absolute Gasteiger partial charge is 0.264 e. The predicted molar refractivity (Wildman–Crippen MR) is 161 cm³/mol. The SMILES string of the molecule is Cc1ccc(S(=O)(=O)N(CC(=O)N(Cc2ccccc2C)[C@@H](C)C(=O)NC2CCCC2)c2cccc(Br)c2)cc1. The van der Waals surface area contributed by atoms with E-state index >= 15 is 0 Å². The number of hydrogen-bond acceptors (Lipinski definition) is 4. The zero-order chi connectivity index (χ0) is 28.9. The average Bonchev–Trinajstić information content (AvgIpc) is 3.44. The predicted octanol–water partition coefficient (Wildman–Crippen LogP) is 5.74. The zero-order valence-electron chi connectivity index (χ0n) is 23.1. The molecule has 7 nitrogen and oxygen atoms in total. The Morgan fingerprint density at radius 2 is 1.65 bits per heavy atom. The molecule has 1 atom stereocenters. The maximum absolute atomic E-state index is 14.1. The summed E-state index contributed by atoms with van der Waals surface area (Å²) in [6.07, 6.45) is 4.00. The highest BCUT2D eigenvalue weighted by molar-refractivity contribution is 9.10. The summed E-state index contributed by atoms with van der Waals surface area (Å²) in [7, 11) is -4.10. The molecule has 3 aromatic rings. The number of halogens is 1. The van der Waals surface area contributed by atoms with Crippen LogP contribution in [0.4, 0.5) is 5.69 Å². The fourth-order valence-electron chi connectivity index (χ4n) is 4.94. The molecule has 1 aliphatic carbocycles. The number of sulfonamides is 1. The van der Waals surface area contributed by atoms with Crippen LogP contribution in [0.5, 0.6) is 0 Å². The van der Waals surface area contributed by atoms with E-state index in [-0.39, 0.29) is 23.4 Å². The third-order valence-corrected chi connectivity index (χ3v) is 9.74. The second-order valence-corrected chi connectivity index (χ2v) is 13.2. The third-order valence-electron chi connectivity index (χ3n) is 7.45. The molecule has 9 heteroatoms. The van der Waals surface area contributed by atoms with Gasteiger partial charge in [0, 0.05) is 17.1 Å². The number of carbonyl (C=O) groups excluding carboxylic acids is 2. The van der Waals surface area contributed by atoms with Crippen molar-refractivity contribution in [3.8, 4) is 0 Å². The molecule has 0 bridgehead atoms. The summed E-state index contributed by atoms with van der Waals surface area (Å²) in [6, 6.07) is 20.4. The van der Waals surface area contributed by atoms with E-state index in [4.69, 9.17) is 0 Å². The lowest BCUT2D eigenvalue weighted by atomic mass is 10.1. The summed E-state index contributed by atoms with van der Waals surface area (Å²) < 4.78 is 29.6. The fourth-order valence-corrected chi connectivity index (χ4v) is 6.74. The second-order valence-electron chi connectivity index (χ2n) is 10.4. The molecule has 0 aromatic heterocycles. The molecule has 1 aliphatic rings. The Balaban J connectivity index is 1.69. The Hall–Kier alpha value is -3.17. The first-order valence-electron chi connectivity index (χ1n) is 13.6. The molecule has 40 heavy (non-hydrogen) atoms. The molecule has 0 unspecified atom stereocenters. The Morgan fingerprint density at radius 1 is 0.975 bits per heavy atom. The zero-order valence-corrected chi connectivity index (χ0v) is 25.5. The van der Waals surface area contributed by atoms with Crippen molar-refractivity contribution in [3.63, 3.8) is 0 Å². The molecule has 2 amide bonds. The summed E-state index contributed by atoms with van der Waals surface area (Å²) in [4.78, 5) is 29.0. The molecule has 1 N–H and O–H groups in total. The van der Waals surface area contributed by atoms with Gasteiger partial charge in [-0.05, 0) is 75.1 Å². The monoisotopic (exact) mass is 625 g/mol. The minimum atomic E-state index is -4.10. The number of hydrogen-bond donors (Lipinski definition) is 1. The number of anilines is 1. The van der Waals surface area contributed by atoms with Crippen molar-refractivity contribution in [2.75, 3.05) is 10.8 Å². The van der Waals surface area contributed by atoms with Gasteiger partial charge in [-0.3, -0.25) is 13.9 Å². The molecular formula is C31H36BrN3O4S. The molecule has 0 spiro atoms. The number of nitrogens with zero attached hydrogens (tertiary/aromatic N) is 2. The number of aryl methyl sites for hydroxylation is 2. The first kappa shape index (κ1) is 29.8. The lowest BCUT2D eigenvalue weighted by Gasteiger charge is -2.33. The van der Waals surface area contributed by atoms with Crippen molar-refractivity contribution < 1.29 is 18.0 Å². The fraction of sp³-hybridized carbons (Fsp3) is 0.355. The normalized spacial score (nSPS) is 14.5. The lowest BCUT2D eigenvalue weighted by molar-refractivity contribution is -0.139. The third kappa shape index (κ3) is 7.12. The standard InChI is InChI=1S/C31H36BrN3O4S/c1-22-15-17-29(18-16-22)40(38,39)35(28-14-8-11-26(32)19-28)21-30(36)34(20-25-10-5-4-9-23(25)2)24(3)31(37)33-27-12-6-7-13-27/h4-5,8-11,14-19,24,27H,6-7,12-13,20-21H2,1-3H3,(H,33,37)/t24-/m0/s1. The first-order chi connectivity index (χ1) is 19.1. The minimum Gasteiger partial charge on any atom is -0.352 e. The van der Waals surface area contributed by atoms with E-state index in [2.05, 4.69) is 21.2 Å². The molecule has 1 saturated carbocycles. The number of benzene rings is 3. The summed E-state index contributed by atoms with van der Waals surface area (Å²) in [5.74, 6) is -0.697. The highest BCUT2D eigenvalue weighted by Crippen LogP contribution is 2.27. The van der Waals surface area contributed by atoms with E-state index in [0.717, 1.165) is 46.7 Å². The van der Waals surface area contributed by atoms with Crippen molar-refractivity contribution in [2.24, 2.45) is 0 Å². The van der Waals surface area contributed by atoms with Crippen molar-refractivity contribution >= 4 is 43.5 Å². The van der Waals surface area contributed by atoms with Gasteiger partial charge in [0.25, 0.3) is 10.0 Å². The molecule has 3 aromatic carbocycles. The molecule has 0 radical (unpaired) electrons. The molecule has 0 saturated heterocycles. The van der Waals surface area contributed by atoms with Crippen molar-refractivity contribution in [1.82, 2.24) is 10.2 Å². The summed E-state index contributed by atoms with van der Waals surface area (Å²) in [5.41, 5.74) is 3.16. The number of amides is 2. The van der Waals surface area contributed by atoms with E-state index < -0.39 is 28.5 Å².